The van der Waals surface area contributed by atoms with Gasteiger partial charge in [0.25, 0.3) is 0 Å². The Hall–Kier alpha value is -1.59. The van der Waals surface area contributed by atoms with Gasteiger partial charge in [-0.1, -0.05) is 30.3 Å². The summed E-state index contributed by atoms with van der Waals surface area (Å²) in [4.78, 5) is 29.4. The molecular weight excluding hydrogens is 362 g/mol. The molecule has 148 valence electrons. The number of likely N-dealkylation sites (tertiary alicyclic amines) is 1. The molecule has 0 saturated carbocycles. The number of fused-ring (bicyclic) bond motifs is 2. The third-order valence-corrected chi connectivity index (χ3v) is 6.60. The first-order chi connectivity index (χ1) is 12.5. The maximum Gasteiger partial charge on any atom is 0.227 e. The highest BCUT2D eigenvalue weighted by atomic mass is 35.5. The van der Waals surface area contributed by atoms with Gasteiger partial charge in [-0.2, -0.15) is 0 Å². The highest BCUT2D eigenvalue weighted by Gasteiger charge is 2.41. The molecule has 3 saturated heterocycles. The van der Waals surface area contributed by atoms with Gasteiger partial charge >= 0.3 is 0 Å². The summed E-state index contributed by atoms with van der Waals surface area (Å²) < 4.78 is 0. The minimum Gasteiger partial charge on any atom is -0.342 e. The van der Waals surface area contributed by atoms with E-state index in [1.165, 1.54) is 12.8 Å². The molecule has 3 aliphatic heterocycles. The fraction of sp³-hybridized carbons (Fsp3) is 0.619. The van der Waals surface area contributed by atoms with Gasteiger partial charge in [0.2, 0.25) is 11.8 Å². The molecule has 3 aliphatic rings. The number of rotatable bonds is 4. The quantitative estimate of drug-likeness (QED) is 0.858. The molecule has 4 rings (SSSR count). The van der Waals surface area contributed by atoms with Gasteiger partial charge < -0.3 is 15.1 Å². The lowest BCUT2D eigenvalue weighted by atomic mass is 9.96. The average Bonchev–Trinajstić information content (AvgIpc) is 3.22. The Labute approximate surface area is 167 Å². The van der Waals surface area contributed by atoms with Crippen LogP contribution < -0.4 is 5.32 Å². The number of carbonyl (C=O) groups excluding carboxylic acids is 2. The summed E-state index contributed by atoms with van der Waals surface area (Å²) >= 11 is 0. The van der Waals surface area contributed by atoms with E-state index in [0.29, 0.717) is 31.1 Å². The Morgan fingerprint density at radius 3 is 2.44 bits per heavy atom. The molecule has 4 unspecified atom stereocenters. The molecule has 3 fully saturated rings. The van der Waals surface area contributed by atoms with Crippen molar-refractivity contribution in [3.05, 3.63) is 35.9 Å². The number of nitrogens with zero attached hydrogens (tertiary/aromatic N) is 2. The minimum atomic E-state index is -0.203. The van der Waals surface area contributed by atoms with Crippen LogP contribution in [-0.2, 0) is 9.59 Å². The number of halogens is 1. The fourth-order valence-corrected chi connectivity index (χ4v) is 4.99. The molecule has 0 aromatic heterocycles. The van der Waals surface area contributed by atoms with Crippen molar-refractivity contribution in [1.82, 2.24) is 15.1 Å². The van der Waals surface area contributed by atoms with Gasteiger partial charge in [0.1, 0.15) is 0 Å². The van der Waals surface area contributed by atoms with Crippen LogP contribution >= 0.6 is 12.4 Å². The molecule has 0 radical (unpaired) electrons. The van der Waals surface area contributed by atoms with Crippen molar-refractivity contribution < 1.29 is 9.59 Å². The monoisotopic (exact) mass is 391 g/mol. The second kappa shape index (κ2) is 8.19. The van der Waals surface area contributed by atoms with Crippen LogP contribution in [0.25, 0.3) is 0 Å². The first-order valence-corrected chi connectivity index (χ1v) is 9.90. The summed E-state index contributed by atoms with van der Waals surface area (Å²) in [6.07, 6.45) is 4.90. The van der Waals surface area contributed by atoms with E-state index in [2.05, 4.69) is 5.32 Å². The summed E-state index contributed by atoms with van der Waals surface area (Å²) in [6, 6.07) is 11.5. The van der Waals surface area contributed by atoms with Crippen molar-refractivity contribution in [1.29, 1.82) is 0 Å². The van der Waals surface area contributed by atoms with Crippen LogP contribution in [0.15, 0.2) is 30.3 Å². The van der Waals surface area contributed by atoms with Gasteiger partial charge in [-0.05, 0) is 38.2 Å². The van der Waals surface area contributed by atoms with E-state index in [-0.39, 0.29) is 36.2 Å². The average molecular weight is 392 g/mol. The standard InChI is InChI=1S/C21H29N3O2.ClH/c1-14(15-6-4-3-5-7-15)24-13-16(10-20(24)25)21(26)23(2)19-11-17-8-9-18(12-19)22-17;/h3-7,14,16-19,22H,8-13H2,1-2H3;1H. The lowest BCUT2D eigenvalue weighted by Crippen LogP contribution is -2.50. The highest BCUT2D eigenvalue weighted by Crippen LogP contribution is 2.32. The van der Waals surface area contributed by atoms with Crippen LogP contribution in [0.4, 0.5) is 0 Å². The van der Waals surface area contributed by atoms with Gasteiger partial charge in [0, 0.05) is 38.1 Å². The topological polar surface area (TPSA) is 52.7 Å². The number of amides is 2. The number of benzene rings is 1. The third kappa shape index (κ3) is 3.99. The molecule has 2 bridgehead atoms. The van der Waals surface area contributed by atoms with Crippen LogP contribution in [0.2, 0.25) is 0 Å². The fourth-order valence-electron chi connectivity index (χ4n) is 4.99. The van der Waals surface area contributed by atoms with E-state index < -0.39 is 0 Å². The van der Waals surface area contributed by atoms with Crippen molar-refractivity contribution in [3.8, 4) is 0 Å². The first kappa shape index (κ1) is 20.2. The summed E-state index contributed by atoms with van der Waals surface area (Å²) in [7, 11) is 1.94. The van der Waals surface area contributed by atoms with Crippen molar-refractivity contribution in [2.24, 2.45) is 5.92 Å². The molecule has 1 aromatic carbocycles. The largest absolute Gasteiger partial charge is 0.342 e. The molecule has 4 atom stereocenters. The van der Waals surface area contributed by atoms with E-state index in [1.54, 1.807) is 0 Å². The second-order valence-electron chi connectivity index (χ2n) is 8.25. The van der Waals surface area contributed by atoms with Crippen LogP contribution in [0, 0.1) is 5.92 Å². The predicted octanol–water partition coefficient (Wildman–Crippen LogP) is 2.76. The molecule has 3 heterocycles. The molecule has 6 heteroatoms. The molecular formula is C21H30ClN3O2. The van der Waals surface area contributed by atoms with Gasteiger partial charge in [-0.15, -0.1) is 12.4 Å². The zero-order chi connectivity index (χ0) is 18.3. The molecule has 0 spiro atoms. The molecule has 1 N–H and O–H groups in total. The molecule has 2 amide bonds. The molecule has 27 heavy (non-hydrogen) atoms. The van der Waals surface area contributed by atoms with Crippen LogP contribution in [0.3, 0.4) is 0 Å². The van der Waals surface area contributed by atoms with Gasteiger partial charge in [-0.3, -0.25) is 9.59 Å². The first-order valence-electron chi connectivity index (χ1n) is 9.90. The lowest BCUT2D eigenvalue weighted by molar-refractivity contribution is -0.137. The van der Waals surface area contributed by atoms with Crippen LogP contribution in [-0.4, -0.2) is 53.3 Å². The van der Waals surface area contributed by atoms with E-state index in [0.717, 1.165) is 18.4 Å². The Balaban J connectivity index is 0.00000210. The maximum atomic E-state index is 13.1. The predicted molar refractivity (Wildman–Crippen MR) is 108 cm³/mol. The highest BCUT2D eigenvalue weighted by molar-refractivity contribution is 5.89. The number of piperidine rings is 1. The van der Waals surface area contributed by atoms with E-state index >= 15 is 0 Å². The van der Waals surface area contributed by atoms with E-state index in [1.807, 2.05) is 54.1 Å². The molecule has 5 nitrogen and oxygen atoms in total. The summed E-state index contributed by atoms with van der Waals surface area (Å²) in [5, 5.41) is 3.63. The van der Waals surface area contributed by atoms with Crippen molar-refractivity contribution in [2.45, 2.75) is 63.2 Å². The van der Waals surface area contributed by atoms with Gasteiger partial charge in [0.05, 0.1) is 12.0 Å². The minimum absolute atomic E-state index is 0. The smallest absolute Gasteiger partial charge is 0.227 e. The Bertz CT molecular complexity index is 671. The maximum absolute atomic E-state index is 13.1. The Morgan fingerprint density at radius 2 is 1.81 bits per heavy atom. The van der Waals surface area contributed by atoms with Gasteiger partial charge in [-0.25, -0.2) is 0 Å². The van der Waals surface area contributed by atoms with Crippen molar-refractivity contribution >= 4 is 24.2 Å². The van der Waals surface area contributed by atoms with Crippen molar-refractivity contribution in [3.63, 3.8) is 0 Å². The Morgan fingerprint density at radius 1 is 1.19 bits per heavy atom. The number of hydrogen-bond acceptors (Lipinski definition) is 3. The zero-order valence-electron chi connectivity index (χ0n) is 16.1. The summed E-state index contributed by atoms with van der Waals surface area (Å²) in [5.41, 5.74) is 1.12. The third-order valence-electron chi connectivity index (χ3n) is 6.60. The molecule has 0 aliphatic carbocycles. The van der Waals surface area contributed by atoms with Crippen LogP contribution in [0.1, 0.15) is 50.6 Å². The summed E-state index contributed by atoms with van der Waals surface area (Å²) in [5.74, 6) is 0.0390. The summed E-state index contributed by atoms with van der Waals surface area (Å²) in [6.45, 7) is 2.59. The van der Waals surface area contributed by atoms with Crippen LogP contribution in [0.5, 0.6) is 0 Å². The number of hydrogen-bond donors (Lipinski definition) is 1. The molecule has 1 aromatic rings. The Kier molecular flexibility index (Phi) is 6.11. The van der Waals surface area contributed by atoms with Gasteiger partial charge in [0.15, 0.2) is 0 Å². The van der Waals surface area contributed by atoms with E-state index in [9.17, 15) is 9.59 Å². The number of carbonyl (C=O) groups is 2. The second-order valence-corrected chi connectivity index (χ2v) is 8.25. The lowest BCUT2D eigenvalue weighted by Gasteiger charge is -2.36. The number of nitrogens with one attached hydrogen (secondary N) is 1. The van der Waals surface area contributed by atoms with E-state index in [4.69, 9.17) is 0 Å². The van der Waals surface area contributed by atoms with Crippen molar-refractivity contribution in [2.75, 3.05) is 13.6 Å². The normalized spacial score (nSPS) is 30.7. The SMILES string of the molecule is CC(c1ccccc1)N1CC(C(=O)N(C)C2CC3CCC(C2)N3)CC1=O.Cl. The zero-order valence-corrected chi connectivity index (χ0v) is 17.0.